The maximum Gasteiger partial charge on any atom is 0.127 e. The van der Waals surface area contributed by atoms with E-state index in [-0.39, 0.29) is 11.9 Å². The van der Waals surface area contributed by atoms with Gasteiger partial charge in [-0.15, -0.1) is 0 Å². The van der Waals surface area contributed by atoms with Crippen molar-refractivity contribution in [2.45, 2.75) is 25.8 Å². The predicted molar refractivity (Wildman–Crippen MR) is 78.8 cm³/mol. The van der Waals surface area contributed by atoms with Gasteiger partial charge in [0.2, 0.25) is 0 Å². The van der Waals surface area contributed by atoms with Gasteiger partial charge in [-0.25, -0.2) is 4.39 Å². The molecular weight excluding hydrogens is 277 g/mol. The number of pyridine rings is 1. The van der Waals surface area contributed by atoms with E-state index in [1.165, 1.54) is 6.07 Å². The normalized spacial score (nSPS) is 12.4. The first-order valence-electron chi connectivity index (χ1n) is 6.49. The van der Waals surface area contributed by atoms with Crippen molar-refractivity contribution in [3.05, 3.63) is 64.2 Å². The first kappa shape index (κ1) is 14.9. The molecule has 2 aromatic rings. The summed E-state index contributed by atoms with van der Waals surface area (Å²) in [6.07, 6.45) is 2.99. The van der Waals surface area contributed by atoms with Gasteiger partial charge in [-0.3, -0.25) is 16.3 Å². The van der Waals surface area contributed by atoms with Crippen molar-refractivity contribution >= 4 is 11.6 Å². The lowest BCUT2D eigenvalue weighted by Crippen LogP contribution is -2.31. The summed E-state index contributed by atoms with van der Waals surface area (Å²) in [6, 6.07) is 8.32. The van der Waals surface area contributed by atoms with E-state index in [1.54, 1.807) is 18.3 Å². The topological polar surface area (TPSA) is 50.9 Å². The molecule has 0 bridgehead atoms. The molecule has 1 aromatic heterocycles. The molecule has 1 unspecified atom stereocenters. The number of aromatic nitrogens is 1. The van der Waals surface area contributed by atoms with Crippen molar-refractivity contribution in [3.63, 3.8) is 0 Å². The van der Waals surface area contributed by atoms with Crippen LogP contribution >= 0.6 is 11.6 Å². The van der Waals surface area contributed by atoms with E-state index >= 15 is 0 Å². The van der Waals surface area contributed by atoms with E-state index in [1.807, 2.05) is 12.1 Å². The Labute approximate surface area is 122 Å². The van der Waals surface area contributed by atoms with Gasteiger partial charge >= 0.3 is 0 Å². The number of rotatable bonds is 5. The van der Waals surface area contributed by atoms with E-state index in [4.69, 9.17) is 17.4 Å². The Hall–Kier alpha value is -1.49. The zero-order chi connectivity index (χ0) is 14.5. The van der Waals surface area contributed by atoms with Gasteiger partial charge in [0, 0.05) is 11.2 Å². The number of nitrogens with two attached hydrogens (primary N) is 1. The second kappa shape index (κ2) is 6.79. The molecule has 20 heavy (non-hydrogen) atoms. The Balaban J connectivity index is 2.29. The van der Waals surface area contributed by atoms with E-state index in [9.17, 15) is 4.39 Å². The second-order valence-electron chi connectivity index (χ2n) is 4.56. The summed E-state index contributed by atoms with van der Waals surface area (Å²) in [6.45, 7) is 2.05. The number of hydrogen-bond acceptors (Lipinski definition) is 3. The van der Waals surface area contributed by atoms with Crippen LogP contribution in [0.25, 0.3) is 0 Å². The van der Waals surface area contributed by atoms with Crippen LogP contribution < -0.4 is 11.3 Å². The van der Waals surface area contributed by atoms with Gasteiger partial charge in [-0.05, 0) is 42.2 Å². The number of hydrogen-bond donors (Lipinski definition) is 2. The number of halogens is 2. The van der Waals surface area contributed by atoms with E-state index < -0.39 is 0 Å². The van der Waals surface area contributed by atoms with Crippen molar-refractivity contribution in [2.75, 3.05) is 0 Å². The van der Waals surface area contributed by atoms with E-state index in [0.29, 0.717) is 17.0 Å². The number of benzene rings is 1. The Morgan fingerprint density at radius 3 is 2.80 bits per heavy atom. The van der Waals surface area contributed by atoms with Gasteiger partial charge in [0.25, 0.3) is 0 Å². The highest BCUT2D eigenvalue weighted by molar-refractivity contribution is 6.30. The summed E-state index contributed by atoms with van der Waals surface area (Å²) in [4.78, 5) is 4.37. The fraction of sp³-hybridized carbons (Fsp3) is 0.267. The molecule has 0 spiro atoms. The second-order valence-corrected chi connectivity index (χ2v) is 5.00. The minimum Gasteiger partial charge on any atom is -0.271 e. The molecule has 0 radical (unpaired) electrons. The van der Waals surface area contributed by atoms with Gasteiger partial charge in [0.05, 0.1) is 11.7 Å². The summed E-state index contributed by atoms with van der Waals surface area (Å²) in [5, 5.41) is 0.385. The number of aryl methyl sites for hydroxylation is 1. The largest absolute Gasteiger partial charge is 0.271 e. The quantitative estimate of drug-likeness (QED) is 0.657. The molecule has 2 rings (SSSR count). The zero-order valence-electron chi connectivity index (χ0n) is 11.2. The standard InChI is InChI=1S/C15H17ClFN3/c1-2-10-4-3-7-19-15(10)14(20-18)8-11-5-6-12(16)9-13(11)17/h3-7,9,14,20H,2,8,18H2,1H3. The van der Waals surface area contributed by atoms with Crippen LogP contribution in [0.15, 0.2) is 36.5 Å². The van der Waals surface area contributed by atoms with Crippen molar-refractivity contribution in [2.24, 2.45) is 5.84 Å². The fourth-order valence-corrected chi connectivity index (χ4v) is 2.36. The third-order valence-electron chi connectivity index (χ3n) is 3.28. The number of hydrazine groups is 1. The summed E-state index contributed by atoms with van der Waals surface area (Å²) in [5.41, 5.74) is 5.24. The number of nitrogens with one attached hydrogen (secondary N) is 1. The molecule has 0 aliphatic heterocycles. The molecule has 3 N–H and O–H groups in total. The van der Waals surface area contributed by atoms with Gasteiger partial charge < -0.3 is 0 Å². The van der Waals surface area contributed by atoms with Crippen LogP contribution in [-0.4, -0.2) is 4.98 Å². The van der Waals surface area contributed by atoms with Crippen LogP contribution in [0.4, 0.5) is 4.39 Å². The molecule has 0 aliphatic carbocycles. The molecule has 5 heteroatoms. The molecule has 1 aromatic carbocycles. The van der Waals surface area contributed by atoms with Crippen LogP contribution in [0.3, 0.4) is 0 Å². The molecule has 0 fully saturated rings. The lowest BCUT2D eigenvalue weighted by molar-refractivity contribution is 0.515. The van der Waals surface area contributed by atoms with Gasteiger partial charge in [-0.2, -0.15) is 0 Å². The van der Waals surface area contributed by atoms with Crippen molar-refractivity contribution in [1.29, 1.82) is 0 Å². The van der Waals surface area contributed by atoms with E-state index in [2.05, 4.69) is 17.3 Å². The van der Waals surface area contributed by atoms with Crippen molar-refractivity contribution < 1.29 is 4.39 Å². The molecule has 0 aliphatic rings. The third-order valence-corrected chi connectivity index (χ3v) is 3.51. The average Bonchev–Trinajstić information content (AvgIpc) is 2.46. The van der Waals surface area contributed by atoms with Crippen molar-refractivity contribution in [3.8, 4) is 0 Å². The molecule has 1 atom stereocenters. The molecule has 106 valence electrons. The van der Waals surface area contributed by atoms with Crippen LogP contribution in [0, 0.1) is 5.82 Å². The van der Waals surface area contributed by atoms with E-state index in [0.717, 1.165) is 17.7 Å². The van der Waals surface area contributed by atoms with Gasteiger partial charge in [-0.1, -0.05) is 30.7 Å². The molecule has 3 nitrogen and oxygen atoms in total. The third kappa shape index (κ3) is 3.33. The summed E-state index contributed by atoms with van der Waals surface area (Å²) >= 11 is 5.76. The Morgan fingerprint density at radius 2 is 2.15 bits per heavy atom. The Bertz CT molecular complexity index is 589. The van der Waals surface area contributed by atoms with Crippen LogP contribution in [0.2, 0.25) is 5.02 Å². The maximum atomic E-state index is 13.9. The Kier molecular flexibility index (Phi) is 5.06. The zero-order valence-corrected chi connectivity index (χ0v) is 12.0. The molecule has 1 heterocycles. The SMILES string of the molecule is CCc1cccnc1C(Cc1ccc(Cl)cc1F)NN. The first-order valence-corrected chi connectivity index (χ1v) is 6.87. The maximum absolute atomic E-state index is 13.9. The van der Waals surface area contributed by atoms with Gasteiger partial charge in [0.15, 0.2) is 0 Å². The smallest absolute Gasteiger partial charge is 0.127 e. The summed E-state index contributed by atoms with van der Waals surface area (Å²) in [7, 11) is 0. The van der Waals surface area contributed by atoms with Crippen LogP contribution in [0.1, 0.15) is 29.8 Å². The predicted octanol–water partition coefficient (Wildman–Crippen LogP) is 3.18. The molecular formula is C15H17ClFN3. The molecule has 0 saturated heterocycles. The van der Waals surface area contributed by atoms with Crippen LogP contribution in [-0.2, 0) is 12.8 Å². The Morgan fingerprint density at radius 1 is 1.35 bits per heavy atom. The minimum atomic E-state index is -0.327. The highest BCUT2D eigenvalue weighted by Gasteiger charge is 2.17. The molecule has 0 saturated carbocycles. The fourth-order valence-electron chi connectivity index (χ4n) is 2.21. The van der Waals surface area contributed by atoms with Crippen molar-refractivity contribution in [1.82, 2.24) is 10.4 Å². The molecule has 0 amide bonds. The summed E-state index contributed by atoms with van der Waals surface area (Å²) in [5.74, 6) is 5.29. The minimum absolute atomic E-state index is 0.234. The average molecular weight is 294 g/mol. The van der Waals surface area contributed by atoms with Crippen LogP contribution in [0.5, 0.6) is 0 Å². The highest BCUT2D eigenvalue weighted by atomic mass is 35.5. The lowest BCUT2D eigenvalue weighted by Gasteiger charge is -2.18. The summed E-state index contributed by atoms with van der Waals surface area (Å²) < 4.78 is 13.9. The first-order chi connectivity index (χ1) is 9.65. The van der Waals surface area contributed by atoms with Gasteiger partial charge in [0.1, 0.15) is 5.82 Å². The monoisotopic (exact) mass is 293 g/mol. The lowest BCUT2D eigenvalue weighted by atomic mass is 9.98. The number of nitrogens with zero attached hydrogens (tertiary/aromatic N) is 1. The highest BCUT2D eigenvalue weighted by Crippen LogP contribution is 2.23.